The third-order valence-electron chi connectivity index (χ3n) is 5.35. The zero-order valence-corrected chi connectivity index (χ0v) is 18.3. The van der Waals surface area contributed by atoms with Crippen molar-refractivity contribution < 1.29 is 18.0 Å². The minimum atomic E-state index is -4.48. The third kappa shape index (κ3) is 3.84. The van der Waals surface area contributed by atoms with Gasteiger partial charge in [0.25, 0.3) is 5.91 Å². The number of halogens is 4. The van der Waals surface area contributed by atoms with E-state index in [2.05, 4.69) is 5.10 Å². The van der Waals surface area contributed by atoms with Gasteiger partial charge in [-0.3, -0.25) is 4.79 Å². The highest BCUT2D eigenvalue weighted by Gasteiger charge is 2.32. The molecule has 4 nitrogen and oxygen atoms in total. The molecule has 1 aliphatic rings. The van der Waals surface area contributed by atoms with Gasteiger partial charge in [-0.2, -0.15) is 23.3 Å². The van der Waals surface area contributed by atoms with Crippen molar-refractivity contribution >= 4 is 35.0 Å². The molecule has 2 heterocycles. The summed E-state index contributed by atoms with van der Waals surface area (Å²) in [5, 5.41) is 5.90. The maximum atomic E-state index is 13.2. The molecule has 0 saturated carbocycles. The number of aryl methyl sites for hydroxylation is 1. The van der Waals surface area contributed by atoms with Gasteiger partial charge in [0.05, 0.1) is 33.2 Å². The fourth-order valence-corrected chi connectivity index (χ4v) is 3.95. The minimum absolute atomic E-state index is 0.198. The Balaban J connectivity index is 1.76. The van der Waals surface area contributed by atoms with Crippen LogP contribution in [0.25, 0.3) is 11.8 Å². The van der Waals surface area contributed by atoms with E-state index in [9.17, 15) is 18.0 Å². The lowest BCUT2D eigenvalue weighted by Crippen LogP contribution is -2.21. The van der Waals surface area contributed by atoms with E-state index in [1.54, 1.807) is 43.5 Å². The van der Waals surface area contributed by atoms with Gasteiger partial charge in [-0.25, -0.2) is 0 Å². The Morgan fingerprint density at radius 3 is 2.34 bits per heavy atom. The second kappa shape index (κ2) is 7.98. The molecule has 2 aromatic carbocycles. The summed E-state index contributed by atoms with van der Waals surface area (Å²) in [5.41, 5.74) is 3.13. The first-order chi connectivity index (χ1) is 15.1. The molecular formula is C24H19ClF3N3O. The highest BCUT2D eigenvalue weighted by Crippen LogP contribution is 2.35. The van der Waals surface area contributed by atoms with Gasteiger partial charge in [0.15, 0.2) is 0 Å². The molecular weight excluding hydrogens is 439 g/mol. The van der Waals surface area contributed by atoms with Crippen LogP contribution in [0, 0.1) is 13.8 Å². The summed E-state index contributed by atoms with van der Waals surface area (Å²) in [7, 11) is 0. The van der Waals surface area contributed by atoms with Crippen LogP contribution in [0.15, 0.2) is 65.3 Å². The van der Waals surface area contributed by atoms with Crippen molar-refractivity contribution in [3.63, 3.8) is 0 Å². The SMILES string of the molecule is CC1=NN(c2ccccc2)C(=O)C1=Cc1cc(C)n(-c2cc(C(F)(F)F)ccc2Cl)c1C. The Kier molecular flexibility index (Phi) is 5.46. The first-order valence-corrected chi connectivity index (χ1v) is 10.2. The molecule has 0 atom stereocenters. The fourth-order valence-electron chi connectivity index (χ4n) is 3.75. The van der Waals surface area contributed by atoms with E-state index in [1.165, 1.54) is 11.1 Å². The number of hydrogen-bond acceptors (Lipinski definition) is 2. The maximum absolute atomic E-state index is 13.2. The van der Waals surface area contributed by atoms with Gasteiger partial charge in [0, 0.05) is 11.4 Å². The Hall–Kier alpha value is -3.32. The van der Waals surface area contributed by atoms with Crippen molar-refractivity contribution in [3.8, 4) is 5.69 Å². The van der Waals surface area contributed by atoms with E-state index >= 15 is 0 Å². The van der Waals surface area contributed by atoms with Crippen molar-refractivity contribution in [3.05, 3.63) is 87.7 Å². The number of carbonyl (C=O) groups is 1. The van der Waals surface area contributed by atoms with Gasteiger partial charge >= 0.3 is 6.18 Å². The summed E-state index contributed by atoms with van der Waals surface area (Å²) in [6, 6.07) is 14.1. The van der Waals surface area contributed by atoms with Crippen LogP contribution in [-0.2, 0) is 11.0 Å². The molecule has 0 spiro atoms. The van der Waals surface area contributed by atoms with Gasteiger partial charge in [0.2, 0.25) is 0 Å². The number of nitrogens with zero attached hydrogens (tertiary/aromatic N) is 3. The van der Waals surface area contributed by atoms with Crippen LogP contribution in [0.4, 0.5) is 18.9 Å². The first-order valence-electron chi connectivity index (χ1n) is 9.81. The second-order valence-corrected chi connectivity index (χ2v) is 7.93. The van der Waals surface area contributed by atoms with Gasteiger partial charge < -0.3 is 4.57 Å². The predicted molar refractivity (Wildman–Crippen MR) is 120 cm³/mol. The number of hydrazone groups is 1. The standard InChI is InChI=1S/C24H19ClF3N3O/c1-14-11-17(12-20-15(2)29-31(23(20)32)19-7-5-4-6-8-19)16(3)30(14)22-13-18(24(26,27)28)9-10-21(22)25/h4-13H,1-3H3. The van der Waals surface area contributed by atoms with E-state index < -0.39 is 11.7 Å². The molecule has 0 unspecified atom stereocenters. The Labute approximate surface area is 188 Å². The van der Waals surface area contributed by atoms with Crippen molar-refractivity contribution in [1.29, 1.82) is 0 Å². The van der Waals surface area contributed by atoms with Crippen LogP contribution in [0.5, 0.6) is 0 Å². The van der Waals surface area contributed by atoms with Crippen molar-refractivity contribution in [2.75, 3.05) is 5.01 Å². The number of carbonyl (C=O) groups excluding carboxylic acids is 1. The number of amides is 1. The monoisotopic (exact) mass is 457 g/mol. The van der Waals surface area contributed by atoms with Gasteiger partial charge in [-0.05, 0) is 68.8 Å². The molecule has 1 amide bonds. The number of hydrogen-bond donors (Lipinski definition) is 0. The Morgan fingerprint density at radius 1 is 1.00 bits per heavy atom. The average molecular weight is 458 g/mol. The predicted octanol–water partition coefficient (Wildman–Crippen LogP) is 6.57. The van der Waals surface area contributed by atoms with E-state index in [-0.39, 0.29) is 16.6 Å². The van der Waals surface area contributed by atoms with Gasteiger partial charge in [-0.15, -0.1) is 0 Å². The van der Waals surface area contributed by atoms with Crippen molar-refractivity contribution in [1.82, 2.24) is 4.57 Å². The zero-order valence-electron chi connectivity index (χ0n) is 17.5. The van der Waals surface area contributed by atoms with E-state index in [1.807, 2.05) is 24.3 Å². The molecule has 164 valence electrons. The Morgan fingerprint density at radius 2 is 1.69 bits per heavy atom. The highest BCUT2D eigenvalue weighted by atomic mass is 35.5. The summed E-state index contributed by atoms with van der Waals surface area (Å²) in [6.07, 6.45) is -2.77. The largest absolute Gasteiger partial charge is 0.416 e. The number of benzene rings is 2. The molecule has 0 aliphatic carbocycles. The third-order valence-corrected chi connectivity index (χ3v) is 5.67. The lowest BCUT2D eigenvalue weighted by Gasteiger charge is -2.15. The molecule has 1 aliphatic heterocycles. The Bertz CT molecular complexity index is 1270. The van der Waals surface area contributed by atoms with E-state index in [4.69, 9.17) is 11.6 Å². The number of aromatic nitrogens is 1. The van der Waals surface area contributed by atoms with Crippen LogP contribution < -0.4 is 5.01 Å². The van der Waals surface area contributed by atoms with Crippen LogP contribution in [0.2, 0.25) is 5.02 Å². The van der Waals surface area contributed by atoms with Crippen LogP contribution in [-0.4, -0.2) is 16.2 Å². The van der Waals surface area contributed by atoms with Crippen LogP contribution in [0.1, 0.15) is 29.4 Å². The van der Waals surface area contributed by atoms with Gasteiger partial charge in [-0.1, -0.05) is 29.8 Å². The molecule has 3 aromatic rings. The quantitative estimate of drug-likeness (QED) is 0.410. The van der Waals surface area contributed by atoms with Gasteiger partial charge in [0.1, 0.15) is 0 Å². The summed E-state index contributed by atoms with van der Waals surface area (Å²) >= 11 is 6.25. The van der Waals surface area contributed by atoms with E-state index in [0.717, 1.165) is 12.1 Å². The van der Waals surface area contributed by atoms with Crippen LogP contribution in [0.3, 0.4) is 0 Å². The molecule has 1 aromatic heterocycles. The summed E-state index contributed by atoms with van der Waals surface area (Å²) < 4.78 is 41.4. The van der Waals surface area contributed by atoms with Crippen molar-refractivity contribution in [2.45, 2.75) is 26.9 Å². The molecule has 0 saturated heterocycles. The molecule has 0 bridgehead atoms. The summed E-state index contributed by atoms with van der Waals surface area (Å²) in [4.78, 5) is 13.0. The molecule has 0 radical (unpaired) electrons. The topological polar surface area (TPSA) is 37.6 Å². The number of rotatable bonds is 3. The smallest absolute Gasteiger partial charge is 0.316 e. The van der Waals surface area contributed by atoms with Crippen LogP contribution >= 0.6 is 11.6 Å². The highest BCUT2D eigenvalue weighted by molar-refractivity contribution is 6.33. The summed E-state index contributed by atoms with van der Waals surface area (Å²) in [6.45, 7) is 5.30. The lowest BCUT2D eigenvalue weighted by molar-refractivity contribution is -0.137. The maximum Gasteiger partial charge on any atom is 0.416 e. The number of anilines is 1. The minimum Gasteiger partial charge on any atom is -0.316 e. The van der Waals surface area contributed by atoms with E-state index in [0.29, 0.717) is 33.9 Å². The molecule has 8 heteroatoms. The number of para-hydroxylation sites is 1. The average Bonchev–Trinajstić information content (AvgIpc) is 3.18. The molecule has 32 heavy (non-hydrogen) atoms. The lowest BCUT2D eigenvalue weighted by atomic mass is 10.1. The first kappa shape index (κ1) is 21.9. The normalized spacial score (nSPS) is 15.6. The van der Waals surface area contributed by atoms with Crippen molar-refractivity contribution in [2.24, 2.45) is 5.10 Å². The zero-order chi connectivity index (χ0) is 23.2. The summed E-state index contributed by atoms with van der Waals surface area (Å²) in [5.74, 6) is -0.268. The second-order valence-electron chi connectivity index (χ2n) is 7.52. The molecule has 0 N–H and O–H groups in total. The number of alkyl halides is 3. The fraction of sp³-hybridized carbons (Fsp3) is 0.167. The molecule has 0 fully saturated rings. The molecule has 4 rings (SSSR count).